The fraction of sp³-hybridized carbons (Fsp3) is 0.0500. The second kappa shape index (κ2) is 7.59. The number of carbonyl (C=O) groups excluding carboxylic acids is 2. The number of allylic oxidation sites excluding steroid dienone is 2. The molecule has 2 aromatic rings. The first-order valence-electron chi connectivity index (χ1n) is 7.67. The van der Waals surface area contributed by atoms with Gasteiger partial charge in [-0.05, 0) is 42.8 Å². The van der Waals surface area contributed by atoms with Crippen molar-refractivity contribution >= 4 is 51.8 Å². The number of thioether (sulfide) groups is 1. The van der Waals surface area contributed by atoms with Crippen molar-refractivity contribution in [2.75, 3.05) is 4.90 Å². The molecule has 3 rings (SSSR count). The number of anilines is 1. The van der Waals surface area contributed by atoms with Crippen LogP contribution in [0, 0.1) is 0 Å². The van der Waals surface area contributed by atoms with Crippen LogP contribution in [0.4, 0.5) is 5.69 Å². The molecule has 2 aromatic carbocycles. The zero-order chi connectivity index (χ0) is 17.8. The van der Waals surface area contributed by atoms with Crippen LogP contribution in [-0.4, -0.2) is 16.0 Å². The van der Waals surface area contributed by atoms with E-state index in [0.29, 0.717) is 20.5 Å². The number of amides is 1. The molecule has 0 bridgehead atoms. The number of nitrogens with zero attached hydrogens (tertiary/aromatic N) is 1. The maximum absolute atomic E-state index is 12.6. The Bertz CT molecular complexity index is 884. The number of carbonyl (C=O) groups is 2. The molecule has 0 saturated carbocycles. The van der Waals surface area contributed by atoms with E-state index < -0.39 is 0 Å². The summed E-state index contributed by atoms with van der Waals surface area (Å²) in [7, 11) is 0. The number of hydrogen-bond donors (Lipinski definition) is 0. The normalized spacial score (nSPS) is 16.2. The standard InChI is InChI=1S/C20H15NO2S2/c1-14(22)16-10-12-17(13-11-16)21-19(23)18(25-20(21)24)9-5-8-15-6-3-2-4-7-15/h2-13H,1H3/b8-5+,18-9-. The number of benzene rings is 2. The molecule has 3 nitrogen and oxygen atoms in total. The molecule has 1 aliphatic rings. The second-order valence-electron chi connectivity index (χ2n) is 5.41. The number of Topliss-reactive ketones (excluding diaryl/α,β-unsaturated/α-hetero) is 1. The zero-order valence-electron chi connectivity index (χ0n) is 13.5. The maximum Gasteiger partial charge on any atom is 0.270 e. The number of hydrogen-bond acceptors (Lipinski definition) is 4. The minimum atomic E-state index is -0.150. The van der Waals surface area contributed by atoms with Gasteiger partial charge in [0, 0.05) is 5.56 Å². The molecule has 0 aromatic heterocycles. The van der Waals surface area contributed by atoms with Crippen LogP contribution in [0.15, 0.2) is 71.7 Å². The van der Waals surface area contributed by atoms with Crippen LogP contribution in [0.1, 0.15) is 22.8 Å². The molecule has 5 heteroatoms. The first-order valence-corrected chi connectivity index (χ1v) is 8.89. The van der Waals surface area contributed by atoms with E-state index in [4.69, 9.17) is 12.2 Å². The molecule has 1 fully saturated rings. The van der Waals surface area contributed by atoms with Crippen LogP contribution in [-0.2, 0) is 4.79 Å². The highest BCUT2D eigenvalue weighted by molar-refractivity contribution is 8.27. The Labute approximate surface area is 156 Å². The lowest BCUT2D eigenvalue weighted by Crippen LogP contribution is -2.27. The minimum Gasteiger partial charge on any atom is -0.295 e. The monoisotopic (exact) mass is 365 g/mol. The van der Waals surface area contributed by atoms with Gasteiger partial charge < -0.3 is 0 Å². The first kappa shape index (κ1) is 17.3. The fourth-order valence-electron chi connectivity index (χ4n) is 2.36. The Morgan fingerprint density at radius 2 is 1.76 bits per heavy atom. The van der Waals surface area contributed by atoms with Gasteiger partial charge in [-0.3, -0.25) is 14.5 Å². The van der Waals surface area contributed by atoms with Crippen molar-refractivity contribution in [1.29, 1.82) is 0 Å². The van der Waals surface area contributed by atoms with Crippen molar-refractivity contribution in [2.24, 2.45) is 0 Å². The average molecular weight is 365 g/mol. The van der Waals surface area contributed by atoms with Gasteiger partial charge in [-0.25, -0.2) is 0 Å². The van der Waals surface area contributed by atoms with Crippen molar-refractivity contribution in [3.05, 3.63) is 82.8 Å². The van der Waals surface area contributed by atoms with Crippen LogP contribution in [0.5, 0.6) is 0 Å². The van der Waals surface area contributed by atoms with Crippen LogP contribution < -0.4 is 4.90 Å². The highest BCUT2D eigenvalue weighted by atomic mass is 32.2. The summed E-state index contributed by atoms with van der Waals surface area (Å²) in [5.41, 5.74) is 2.34. The SMILES string of the molecule is CC(=O)c1ccc(N2C(=O)/C(=C/C=C/c3ccccc3)SC2=S)cc1. The van der Waals surface area contributed by atoms with Crippen LogP contribution in [0.2, 0.25) is 0 Å². The third kappa shape index (κ3) is 3.95. The molecule has 0 spiro atoms. The van der Waals surface area contributed by atoms with E-state index in [1.165, 1.54) is 23.6 Å². The topological polar surface area (TPSA) is 37.4 Å². The van der Waals surface area contributed by atoms with Gasteiger partial charge in [0.25, 0.3) is 5.91 Å². The van der Waals surface area contributed by atoms with Gasteiger partial charge in [-0.2, -0.15) is 0 Å². The number of rotatable bonds is 4. The highest BCUT2D eigenvalue weighted by Crippen LogP contribution is 2.35. The van der Waals surface area contributed by atoms with Gasteiger partial charge in [-0.1, -0.05) is 66.5 Å². The van der Waals surface area contributed by atoms with Gasteiger partial charge in [-0.15, -0.1) is 0 Å². The molecule has 0 aliphatic carbocycles. The largest absolute Gasteiger partial charge is 0.295 e. The van der Waals surface area contributed by atoms with Crippen LogP contribution >= 0.6 is 24.0 Å². The molecule has 124 valence electrons. The molecular weight excluding hydrogens is 350 g/mol. The Hall–Kier alpha value is -2.50. The van der Waals surface area contributed by atoms with E-state index >= 15 is 0 Å². The first-order chi connectivity index (χ1) is 12.1. The summed E-state index contributed by atoms with van der Waals surface area (Å²) in [5, 5.41) is 0. The van der Waals surface area contributed by atoms with Gasteiger partial charge in [0.15, 0.2) is 10.1 Å². The van der Waals surface area contributed by atoms with Crippen LogP contribution in [0.3, 0.4) is 0 Å². The molecule has 25 heavy (non-hydrogen) atoms. The van der Waals surface area contributed by atoms with Crippen LogP contribution in [0.25, 0.3) is 6.08 Å². The highest BCUT2D eigenvalue weighted by Gasteiger charge is 2.32. The average Bonchev–Trinajstić information content (AvgIpc) is 2.90. The van der Waals surface area contributed by atoms with Gasteiger partial charge in [0.1, 0.15) is 0 Å². The van der Waals surface area contributed by atoms with Gasteiger partial charge >= 0.3 is 0 Å². The summed E-state index contributed by atoms with van der Waals surface area (Å²) in [4.78, 5) is 26.1. The summed E-state index contributed by atoms with van der Waals surface area (Å²) in [6.07, 6.45) is 5.56. The predicted octanol–water partition coefficient (Wildman–Crippen LogP) is 4.85. The van der Waals surface area contributed by atoms with E-state index in [1.807, 2.05) is 42.5 Å². The lowest BCUT2D eigenvalue weighted by atomic mass is 10.1. The maximum atomic E-state index is 12.6. The predicted molar refractivity (Wildman–Crippen MR) is 108 cm³/mol. The van der Waals surface area contributed by atoms with Crippen molar-refractivity contribution in [3.63, 3.8) is 0 Å². The molecule has 1 heterocycles. The Morgan fingerprint density at radius 3 is 2.40 bits per heavy atom. The molecule has 1 saturated heterocycles. The second-order valence-corrected chi connectivity index (χ2v) is 7.09. The molecule has 1 aliphatic heterocycles. The minimum absolute atomic E-state index is 0.0112. The summed E-state index contributed by atoms with van der Waals surface area (Å²) in [6.45, 7) is 1.51. The van der Waals surface area contributed by atoms with Gasteiger partial charge in [0.2, 0.25) is 0 Å². The van der Waals surface area contributed by atoms with Crippen molar-refractivity contribution < 1.29 is 9.59 Å². The van der Waals surface area contributed by atoms with Gasteiger partial charge in [0.05, 0.1) is 10.6 Å². The van der Waals surface area contributed by atoms with Crippen molar-refractivity contribution in [1.82, 2.24) is 0 Å². The smallest absolute Gasteiger partial charge is 0.270 e. The number of ketones is 1. The summed E-state index contributed by atoms with van der Waals surface area (Å²) in [6, 6.07) is 16.8. The molecule has 0 unspecified atom stereocenters. The third-order valence-electron chi connectivity index (χ3n) is 3.66. The van der Waals surface area contributed by atoms with E-state index in [2.05, 4.69) is 0 Å². The zero-order valence-corrected chi connectivity index (χ0v) is 15.1. The number of thiocarbonyl (C=S) groups is 1. The lowest BCUT2D eigenvalue weighted by molar-refractivity contribution is -0.113. The molecule has 0 radical (unpaired) electrons. The van der Waals surface area contributed by atoms with E-state index in [1.54, 1.807) is 30.3 Å². The summed E-state index contributed by atoms with van der Waals surface area (Å²) in [5.74, 6) is -0.161. The summed E-state index contributed by atoms with van der Waals surface area (Å²) >= 11 is 6.61. The molecule has 0 N–H and O–H groups in total. The summed E-state index contributed by atoms with van der Waals surface area (Å²) < 4.78 is 0.486. The Morgan fingerprint density at radius 1 is 1.08 bits per heavy atom. The molecule has 0 atom stereocenters. The molecule has 1 amide bonds. The van der Waals surface area contributed by atoms with E-state index in [0.717, 1.165) is 5.56 Å². The van der Waals surface area contributed by atoms with Crippen molar-refractivity contribution in [2.45, 2.75) is 6.92 Å². The molecular formula is C20H15NO2S2. The Balaban J connectivity index is 1.79. The van der Waals surface area contributed by atoms with Crippen molar-refractivity contribution in [3.8, 4) is 0 Å². The van der Waals surface area contributed by atoms with E-state index in [-0.39, 0.29) is 11.7 Å². The Kier molecular flexibility index (Phi) is 5.26. The third-order valence-corrected chi connectivity index (χ3v) is 4.98. The fourth-order valence-corrected chi connectivity index (χ4v) is 3.61. The van der Waals surface area contributed by atoms with E-state index in [9.17, 15) is 9.59 Å². The lowest BCUT2D eigenvalue weighted by Gasteiger charge is -2.14. The quantitative estimate of drug-likeness (QED) is 0.441.